The number of rotatable bonds is 10. The van der Waals surface area contributed by atoms with Gasteiger partial charge in [0.2, 0.25) is 0 Å². The van der Waals surface area contributed by atoms with Crippen LogP contribution in [0.2, 0.25) is 0 Å². The molecule has 0 spiro atoms. The standard InChI is InChI=1S/C25H24F3NO3/c1-2-3-14-29-22-9-4-18(5-10-22)17-31-24-13-8-20(15-21(24)16-30)19-6-11-23(12-7-19)32-25(26,27)28/h4-13,15-16,29H,2-3,14,17H2,1H3. The van der Waals surface area contributed by atoms with Gasteiger partial charge in [-0.1, -0.05) is 43.7 Å². The zero-order chi connectivity index (χ0) is 23.0. The first-order valence-electron chi connectivity index (χ1n) is 10.3. The molecule has 3 rings (SSSR count). The van der Waals surface area contributed by atoms with Crippen molar-refractivity contribution in [3.63, 3.8) is 0 Å². The maximum absolute atomic E-state index is 12.3. The molecule has 7 heteroatoms. The number of aldehydes is 1. The molecule has 3 aromatic carbocycles. The summed E-state index contributed by atoms with van der Waals surface area (Å²) in [5, 5.41) is 3.35. The molecule has 0 fully saturated rings. The van der Waals surface area contributed by atoms with Gasteiger partial charge in [-0.15, -0.1) is 13.2 Å². The molecular weight excluding hydrogens is 419 g/mol. The Kier molecular flexibility index (Phi) is 7.76. The van der Waals surface area contributed by atoms with E-state index in [1.54, 1.807) is 18.2 Å². The van der Waals surface area contributed by atoms with Gasteiger partial charge in [0.05, 0.1) is 5.56 Å². The van der Waals surface area contributed by atoms with Crippen LogP contribution in [0.1, 0.15) is 35.7 Å². The molecular formula is C25H24F3NO3. The number of hydrogen-bond donors (Lipinski definition) is 1. The van der Waals surface area contributed by atoms with Crippen LogP contribution in [-0.2, 0) is 6.61 Å². The van der Waals surface area contributed by atoms with E-state index in [0.717, 1.165) is 30.6 Å². The summed E-state index contributed by atoms with van der Waals surface area (Å²) < 4.78 is 46.6. The Morgan fingerprint density at radius 2 is 1.62 bits per heavy atom. The minimum atomic E-state index is -4.74. The summed E-state index contributed by atoms with van der Waals surface area (Å²) in [4.78, 5) is 11.6. The zero-order valence-corrected chi connectivity index (χ0v) is 17.6. The van der Waals surface area contributed by atoms with Gasteiger partial charge in [0.15, 0.2) is 6.29 Å². The lowest BCUT2D eigenvalue weighted by atomic mass is 10.0. The number of carbonyl (C=O) groups excluding carboxylic acids is 1. The number of benzene rings is 3. The highest BCUT2D eigenvalue weighted by Crippen LogP contribution is 2.29. The van der Waals surface area contributed by atoms with E-state index in [0.29, 0.717) is 35.3 Å². The van der Waals surface area contributed by atoms with Gasteiger partial charge in [-0.05, 0) is 59.5 Å². The van der Waals surface area contributed by atoms with Gasteiger partial charge < -0.3 is 14.8 Å². The maximum Gasteiger partial charge on any atom is 0.573 e. The van der Waals surface area contributed by atoms with Gasteiger partial charge in [-0.2, -0.15) is 0 Å². The van der Waals surface area contributed by atoms with Crippen molar-refractivity contribution in [2.75, 3.05) is 11.9 Å². The summed E-state index contributed by atoms with van der Waals surface area (Å²) in [6, 6.07) is 18.5. The fourth-order valence-corrected chi connectivity index (χ4v) is 3.09. The van der Waals surface area contributed by atoms with Crippen LogP contribution < -0.4 is 14.8 Å². The van der Waals surface area contributed by atoms with E-state index < -0.39 is 6.36 Å². The summed E-state index contributed by atoms with van der Waals surface area (Å²) >= 11 is 0. The van der Waals surface area contributed by atoms with Crippen LogP contribution in [0.4, 0.5) is 18.9 Å². The SMILES string of the molecule is CCCCNc1ccc(COc2ccc(-c3ccc(OC(F)(F)F)cc3)cc2C=O)cc1. The fraction of sp³-hybridized carbons (Fsp3) is 0.240. The van der Waals surface area contributed by atoms with Crippen LogP contribution >= 0.6 is 0 Å². The van der Waals surface area contributed by atoms with Crippen molar-refractivity contribution in [1.82, 2.24) is 0 Å². The predicted octanol–water partition coefficient (Wildman–Crippen LogP) is 6.86. The molecule has 0 unspecified atom stereocenters. The molecule has 0 saturated heterocycles. The molecule has 0 aliphatic rings. The maximum atomic E-state index is 12.3. The summed E-state index contributed by atoms with van der Waals surface area (Å²) in [6.07, 6.45) is -1.80. The Labute approximate surface area is 185 Å². The first-order valence-corrected chi connectivity index (χ1v) is 10.3. The molecule has 0 aliphatic heterocycles. The van der Waals surface area contributed by atoms with E-state index >= 15 is 0 Å². The molecule has 0 radical (unpaired) electrons. The lowest BCUT2D eigenvalue weighted by Gasteiger charge is -2.12. The van der Waals surface area contributed by atoms with Crippen molar-refractivity contribution in [1.29, 1.82) is 0 Å². The van der Waals surface area contributed by atoms with Crippen molar-refractivity contribution >= 4 is 12.0 Å². The molecule has 1 N–H and O–H groups in total. The summed E-state index contributed by atoms with van der Waals surface area (Å²) in [7, 11) is 0. The zero-order valence-electron chi connectivity index (χ0n) is 17.6. The molecule has 0 aromatic heterocycles. The molecule has 0 heterocycles. The quantitative estimate of drug-likeness (QED) is 0.275. The first kappa shape index (κ1) is 23.2. The van der Waals surface area contributed by atoms with Gasteiger partial charge >= 0.3 is 6.36 Å². The number of carbonyl (C=O) groups is 1. The second kappa shape index (κ2) is 10.7. The third-order valence-corrected chi connectivity index (χ3v) is 4.77. The lowest BCUT2D eigenvalue weighted by molar-refractivity contribution is -0.274. The number of hydrogen-bond acceptors (Lipinski definition) is 4. The van der Waals surface area contributed by atoms with Crippen LogP contribution in [0.15, 0.2) is 66.7 Å². The van der Waals surface area contributed by atoms with Crippen molar-refractivity contribution < 1.29 is 27.4 Å². The van der Waals surface area contributed by atoms with Crippen LogP contribution in [0, 0.1) is 0 Å². The van der Waals surface area contributed by atoms with Crippen molar-refractivity contribution in [2.45, 2.75) is 32.7 Å². The van der Waals surface area contributed by atoms with Gasteiger partial charge in [-0.3, -0.25) is 4.79 Å². The normalized spacial score (nSPS) is 11.1. The van der Waals surface area contributed by atoms with Crippen LogP contribution in [0.5, 0.6) is 11.5 Å². The number of halogens is 3. The third kappa shape index (κ3) is 6.77. The highest BCUT2D eigenvalue weighted by Gasteiger charge is 2.30. The number of unbranched alkanes of at least 4 members (excludes halogenated alkanes) is 1. The highest BCUT2D eigenvalue weighted by atomic mass is 19.4. The van der Waals surface area contributed by atoms with Crippen molar-refractivity contribution in [3.8, 4) is 22.6 Å². The predicted molar refractivity (Wildman–Crippen MR) is 118 cm³/mol. The number of ether oxygens (including phenoxy) is 2. The molecule has 168 valence electrons. The molecule has 0 amide bonds. The molecule has 0 bridgehead atoms. The Morgan fingerprint density at radius 1 is 0.938 bits per heavy atom. The lowest BCUT2D eigenvalue weighted by Crippen LogP contribution is -2.16. The van der Waals surface area contributed by atoms with Crippen LogP contribution in [0.25, 0.3) is 11.1 Å². The molecule has 0 saturated carbocycles. The summed E-state index contributed by atoms with van der Waals surface area (Å²) in [5.74, 6) is 0.134. The third-order valence-electron chi connectivity index (χ3n) is 4.77. The van der Waals surface area contributed by atoms with E-state index in [1.165, 1.54) is 24.3 Å². The van der Waals surface area contributed by atoms with E-state index in [4.69, 9.17) is 4.74 Å². The fourth-order valence-electron chi connectivity index (χ4n) is 3.09. The second-order valence-electron chi connectivity index (χ2n) is 7.21. The first-order chi connectivity index (χ1) is 15.4. The van der Waals surface area contributed by atoms with E-state index in [1.807, 2.05) is 24.3 Å². The molecule has 0 aliphatic carbocycles. The minimum absolute atomic E-state index is 0.302. The summed E-state index contributed by atoms with van der Waals surface area (Å²) in [5.41, 5.74) is 3.70. The molecule has 0 atom stereocenters. The molecule has 4 nitrogen and oxygen atoms in total. The van der Waals surface area contributed by atoms with Crippen LogP contribution in [0.3, 0.4) is 0 Å². The second-order valence-corrected chi connectivity index (χ2v) is 7.21. The average molecular weight is 443 g/mol. The highest BCUT2D eigenvalue weighted by molar-refractivity contribution is 5.83. The van der Waals surface area contributed by atoms with E-state index in [2.05, 4.69) is 17.0 Å². The number of nitrogens with one attached hydrogen (secondary N) is 1. The molecule has 3 aromatic rings. The Hall–Kier alpha value is -3.48. The van der Waals surface area contributed by atoms with E-state index in [-0.39, 0.29) is 5.75 Å². The van der Waals surface area contributed by atoms with Gasteiger partial charge in [0.25, 0.3) is 0 Å². The average Bonchev–Trinajstić information content (AvgIpc) is 2.78. The largest absolute Gasteiger partial charge is 0.573 e. The van der Waals surface area contributed by atoms with Gasteiger partial charge in [0, 0.05) is 12.2 Å². The van der Waals surface area contributed by atoms with Gasteiger partial charge in [-0.25, -0.2) is 0 Å². The number of anilines is 1. The van der Waals surface area contributed by atoms with Crippen molar-refractivity contribution in [3.05, 3.63) is 77.9 Å². The molecule has 32 heavy (non-hydrogen) atoms. The minimum Gasteiger partial charge on any atom is -0.488 e. The Balaban J connectivity index is 1.64. The smallest absolute Gasteiger partial charge is 0.488 e. The van der Waals surface area contributed by atoms with Crippen LogP contribution in [-0.4, -0.2) is 19.2 Å². The number of alkyl halides is 3. The topological polar surface area (TPSA) is 47.6 Å². The monoisotopic (exact) mass is 443 g/mol. The van der Waals surface area contributed by atoms with Crippen molar-refractivity contribution in [2.24, 2.45) is 0 Å². The Morgan fingerprint density at radius 3 is 2.25 bits per heavy atom. The van der Waals surface area contributed by atoms with Gasteiger partial charge in [0.1, 0.15) is 18.1 Å². The van der Waals surface area contributed by atoms with E-state index in [9.17, 15) is 18.0 Å². The summed E-state index contributed by atoms with van der Waals surface area (Å²) in [6.45, 7) is 3.38. The Bertz CT molecular complexity index is 1020.